The Labute approximate surface area is 119 Å². The lowest BCUT2D eigenvalue weighted by Gasteiger charge is -2.18. The predicted molar refractivity (Wildman–Crippen MR) is 78.7 cm³/mol. The summed E-state index contributed by atoms with van der Waals surface area (Å²) in [4.78, 5) is 23.8. The van der Waals surface area contributed by atoms with Crippen molar-refractivity contribution in [3.05, 3.63) is 34.2 Å². The van der Waals surface area contributed by atoms with Crippen LogP contribution in [0.2, 0.25) is 0 Å². The van der Waals surface area contributed by atoms with E-state index in [1.165, 1.54) is 10.6 Å². The van der Waals surface area contributed by atoms with E-state index in [0.29, 0.717) is 12.5 Å². The third kappa shape index (κ3) is 5.04. The van der Waals surface area contributed by atoms with E-state index in [1.54, 1.807) is 19.3 Å². The van der Waals surface area contributed by atoms with Crippen LogP contribution in [-0.4, -0.2) is 23.1 Å². The van der Waals surface area contributed by atoms with Gasteiger partial charge in [-0.25, -0.2) is 0 Å². The van der Waals surface area contributed by atoms with E-state index >= 15 is 0 Å². The minimum absolute atomic E-state index is 0. The average Bonchev–Trinajstić information content (AvgIpc) is 2.31. The second kappa shape index (κ2) is 7.96. The van der Waals surface area contributed by atoms with E-state index in [2.05, 4.69) is 19.2 Å². The minimum atomic E-state index is -0.354. The standard InChI is InChI=1S/C13H21N3O2.ClH/c1-9(2)7-10(8-14)15-12(17)11-5-4-6-16(3)13(11)18;/h4-6,9-10H,7-8,14H2,1-3H3,(H,15,17);1H. The van der Waals surface area contributed by atoms with Gasteiger partial charge in [-0.05, 0) is 24.5 Å². The van der Waals surface area contributed by atoms with Crippen molar-refractivity contribution in [2.75, 3.05) is 6.54 Å². The molecule has 5 nitrogen and oxygen atoms in total. The zero-order valence-electron chi connectivity index (χ0n) is 11.6. The van der Waals surface area contributed by atoms with Gasteiger partial charge in [-0.3, -0.25) is 9.59 Å². The zero-order chi connectivity index (χ0) is 13.7. The molecule has 1 rings (SSSR count). The first-order chi connectivity index (χ1) is 8.45. The molecule has 0 aliphatic heterocycles. The molecule has 1 heterocycles. The van der Waals surface area contributed by atoms with Crippen molar-refractivity contribution < 1.29 is 4.79 Å². The molecule has 0 saturated carbocycles. The van der Waals surface area contributed by atoms with Crippen LogP contribution in [-0.2, 0) is 7.05 Å². The molecule has 0 spiro atoms. The number of nitrogens with two attached hydrogens (primary N) is 1. The van der Waals surface area contributed by atoms with Crippen molar-refractivity contribution in [1.82, 2.24) is 9.88 Å². The molecule has 0 aliphatic rings. The first kappa shape index (κ1) is 17.7. The van der Waals surface area contributed by atoms with Crippen LogP contribution in [0, 0.1) is 5.92 Å². The largest absolute Gasteiger partial charge is 0.348 e. The highest BCUT2D eigenvalue weighted by Gasteiger charge is 2.16. The van der Waals surface area contributed by atoms with E-state index in [-0.39, 0.29) is 35.5 Å². The lowest BCUT2D eigenvalue weighted by atomic mass is 10.0. The number of pyridine rings is 1. The molecule has 6 heteroatoms. The summed E-state index contributed by atoms with van der Waals surface area (Å²) in [7, 11) is 1.62. The van der Waals surface area contributed by atoms with Gasteiger partial charge in [-0.2, -0.15) is 0 Å². The van der Waals surface area contributed by atoms with Crippen LogP contribution in [0.4, 0.5) is 0 Å². The summed E-state index contributed by atoms with van der Waals surface area (Å²) in [5.74, 6) is 0.0877. The van der Waals surface area contributed by atoms with Crippen molar-refractivity contribution in [2.45, 2.75) is 26.3 Å². The number of aryl methyl sites for hydroxylation is 1. The quantitative estimate of drug-likeness (QED) is 0.845. The van der Waals surface area contributed by atoms with Crippen LogP contribution in [0.1, 0.15) is 30.6 Å². The monoisotopic (exact) mass is 287 g/mol. The SMILES string of the molecule is CC(C)CC(CN)NC(=O)c1cccn(C)c1=O.Cl. The van der Waals surface area contributed by atoms with E-state index in [1.807, 2.05) is 0 Å². The third-order valence-corrected chi connectivity index (χ3v) is 2.74. The van der Waals surface area contributed by atoms with Gasteiger partial charge < -0.3 is 15.6 Å². The number of hydrogen-bond acceptors (Lipinski definition) is 3. The smallest absolute Gasteiger partial charge is 0.263 e. The summed E-state index contributed by atoms with van der Waals surface area (Å²) < 4.78 is 1.38. The molecule has 108 valence electrons. The van der Waals surface area contributed by atoms with Crippen molar-refractivity contribution in [3.8, 4) is 0 Å². The van der Waals surface area contributed by atoms with Crippen LogP contribution >= 0.6 is 12.4 Å². The number of carbonyl (C=O) groups is 1. The van der Waals surface area contributed by atoms with Crippen molar-refractivity contribution in [1.29, 1.82) is 0 Å². The van der Waals surface area contributed by atoms with Gasteiger partial charge in [0.25, 0.3) is 11.5 Å². The summed E-state index contributed by atoms with van der Waals surface area (Å²) in [6, 6.07) is 3.11. The van der Waals surface area contributed by atoms with Gasteiger partial charge in [0, 0.05) is 25.8 Å². The van der Waals surface area contributed by atoms with Gasteiger partial charge in [0.15, 0.2) is 0 Å². The van der Waals surface area contributed by atoms with Crippen LogP contribution in [0.25, 0.3) is 0 Å². The fourth-order valence-electron chi connectivity index (χ4n) is 1.82. The molecule has 1 aromatic heterocycles. The Balaban J connectivity index is 0.00000324. The van der Waals surface area contributed by atoms with E-state index in [9.17, 15) is 9.59 Å². The van der Waals surface area contributed by atoms with Gasteiger partial charge in [0.1, 0.15) is 5.56 Å². The van der Waals surface area contributed by atoms with E-state index < -0.39 is 0 Å². The van der Waals surface area contributed by atoms with Crippen LogP contribution in [0.5, 0.6) is 0 Å². The Hall–Kier alpha value is -1.33. The van der Waals surface area contributed by atoms with Gasteiger partial charge in [0.2, 0.25) is 0 Å². The fourth-order valence-corrected chi connectivity index (χ4v) is 1.82. The zero-order valence-corrected chi connectivity index (χ0v) is 12.4. The maximum atomic E-state index is 12.0. The maximum Gasteiger partial charge on any atom is 0.263 e. The van der Waals surface area contributed by atoms with Gasteiger partial charge in [-0.1, -0.05) is 13.8 Å². The summed E-state index contributed by atoms with van der Waals surface area (Å²) >= 11 is 0. The average molecular weight is 288 g/mol. The van der Waals surface area contributed by atoms with Crippen molar-refractivity contribution in [2.24, 2.45) is 18.7 Å². The molecule has 1 unspecified atom stereocenters. The third-order valence-electron chi connectivity index (χ3n) is 2.74. The number of rotatable bonds is 5. The Morgan fingerprint density at radius 3 is 2.63 bits per heavy atom. The second-order valence-electron chi connectivity index (χ2n) is 4.87. The number of halogens is 1. The summed E-state index contributed by atoms with van der Waals surface area (Å²) in [5.41, 5.74) is 5.48. The topological polar surface area (TPSA) is 77.1 Å². The summed E-state index contributed by atoms with van der Waals surface area (Å²) in [5, 5.41) is 2.81. The highest BCUT2D eigenvalue weighted by molar-refractivity contribution is 5.93. The molecule has 0 aromatic carbocycles. The summed E-state index contributed by atoms with van der Waals surface area (Å²) in [6.45, 7) is 4.50. The molecular weight excluding hydrogens is 266 g/mol. The van der Waals surface area contributed by atoms with E-state index in [4.69, 9.17) is 5.73 Å². The molecule has 0 fully saturated rings. The Morgan fingerprint density at radius 2 is 2.11 bits per heavy atom. The second-order valence-corrected chi connectivity index (χ2v) is 4.87. The van der Waals surface area contributed by atoms with Crippen LogP contribution in [0.3, 0.4) is 0 Å². The highest BCUT2D eigenvalue weighted by Crippen LogP contribution is 2.04. The lowest BCUT2D eigenvalue weighted by Crippen LogP contribution is -2.43. The number of hydrogen-bond donors (Lipinski definition) is 2. The number of carbonyl (C=O) groups excluding carboxylic acids is 1. The molecule has 0 radical (unpaired) electrons. The first-order valence-corrected chi connectivity index (χ1v) is 6.12. The fraction of sp³-hybridized carbons (Fsp3) is 0.538. The highest BCUT2D eigenvalue weighted by atomic mass is 35.5. The number of nitrogens with one attached hydrogen (secondary N) is 1. The molecule has 0 saturated heterocycles. The van der Waals surface area contributed by atoms with Gasteiger partial charge in [0.05, 0.1) is 0 Å². The van der Waals surface area contributed by atoms with E-state index in [0.717, 1.165) is 6.42 Å². The molecule has 1 atom stereocenters. The minimum Gasteiger partial charge on any atom is -0.348 e. The number of amides is 1. The maximum absolute atomic E-state index is 12.0. The number of nitrogens with zero attached hydrogens (tertiary/aromatic N) is 1. The molecule has 3 N–H and O–H groups in total. The normalized spacial score (nSPS) is 11.8. The Bertz CT molecular complexity index is 471. The number of aromatic nitrogens is 1. The Kier molecular flexibility index (Phi) is 7.41. The van der Waals surface area contributed by atoms with Crippen molar-refractivity contribution >= 4 is 18.3 Å². The molecular formula is C13H22ClN3O2. The van der Waals surface area contributed by atoms with Crippen molar-refractivity contribution in [3.63, 3.8) is 0 Å². The molecule has 19 heavy (non-hydrogen) atoms. The first-order valence-electron chi connectivity index (χ1n) is 6.12. The summed E-state index contributed by atoms with van der Waals surface area (Å²) in [6.07, 6.45) is 2.42. The molecule has 1 aromatic rings. The van der Waals surface area contributed by atoms with Gasteiger partial charge in [-0.15, -0.1) is 12.4 Å². The predicted octanol–water partition coefficient (Wildman–Crippen LogP) is 0.910. The lowest BCUT2D eigenvalue weighted by molar-refractivity contribution is 0.0931. The van der Waals surface area contributed by atoms with Crippen LogP contribution in [0.15, 0.2) is 23.1 Å². The van der Waals surface area contributed by atoms with Gasteiger partial charge >= 0.3 is 0 Å². The van der Waals surface area contributed by atoms with Crippen LogP contribution < -0.4 is 16.6 Å². The molecule has 1 amide bonds. The molecule has 0 aliphatic carbocycles. The molecule has 0 bridgehead atoms. The Morgan fingerprint density at radius 1 is 1.47 bits per heavy atom.